The van der Waals surface area contributed by atoms with Crippen LogP contribution in [0.3, 0.4) is 0 Å². The summed E-state index contributed by atoms with van der Waals surface area (Å²) in [5.74, 6) is 0. The van der Waals surface area contributed by atoms with Crippen molar-refractivity contribution in [3.05, 3.63) is 29.8 Å². The number of hydrogen-bond donors (Lipinski definition) is 1. The number of rotatable bonds is 6. The van der Waals surface area contributed by atoms with Crippen molar-refractivity contribution in [2.75, 3.05) is 18.1 Å². The zero-order chi connectivity index (χ0) is 14.5. The number of para-hydroxylation sites is 1. The van der Waals surface area contributed by atoms with Crippen LogP contribution < -0.4 is 5.32 Å². The van der Waals surface area contributed by atoms with Gasteiger partial charge in [0.2, 0.25) is 0 Å². The van der Waals surface area contributed by atoms with Crippen molar-refractivity contribution in [1.29, 1.82) is 0 Å². The highest BCUT2D eigenvalue weighted by atomic mass is 32.2. The van der Waals surface area contributed by atoms with Crippen molar-refractivity contribution in [1.82, 2.24) is 0 Å². The standard InChI is InChI=1S/C14H20F3NS/c1-4-13(5-2,19-3)10-18-12-9-7-6-8-11(12)14(15,16)17/h6-9,18H,4-5,10H2,1-3H3. The normalized spacial score (nSPS) is 12.5. The highest BCUT2D eigenvalue weighted by Gasteiger charge is 2.34. The molecule has 0 aliphatic heterocycles. The lowest BCUT2D eigenvalue weighted by atomic mass is 10.0. The van der Waals surface area contributed by atoms with Crippen molar-refractivity contribution in [2.24, 2.45) is 0 Å². The SMILES string of the molecule is CCC(CC)(CNc1ccccc1C(F)(F)F)SC. The molecule has 0 atom stereocenters. The highest BCUT2D eigenvalue weighted by Crippen LogP contribution is 2.36. The highest BCUT2D eigenvalue weighted by molar-refractivity contribution is 8.00. The van der Waals surface area contributed by atoms with E-state index in [4.69, 9.17) is 0 Å². The lowest BCUT2D eigenvalue weighted by Crippen LogP contribution is -2.32. The third kappa shape index (κ3) is 4.06. The smallest absolute Gasteiger partial charge is 0.383 e. The zero-order valence-electron chi connectivity index (χ0n) is 11.5. The van der Waals surface area contributed by atoms with Crippen molar-refractivity contribution < 1.29 is 13.2 Å². The van der Waals surface area contributed by atoms with Crippen LogP contribution in [0.1, 0.15) is 32.3 Å². The maximum absolute atomic E-state index is 12.9. The minimum Gasteiger partial charge on any atom is -0.383 e. The van der Waals surface area contributed by atoms with Crippen molar-refractivity contribution in [3.63, 3.8) is 0 Å². The molecule has 1 rings (SSSR count). The molecule has 0 aliphatic rings. The van der Waals surface area contributed by atoms with Gasteiger partial charge in [-0.3, -0.25) is 0 Å². The first-order valence-corrected chi connectivity index (χ1v) is 7.56. The van der Waals surface area contributed by atoms with E-state index in [2.05, 4.69) is 19.2 Å². The maximum atomic E-state index is 12.9. The van der Waals surface area contributed by atoms with Crippen LogP contribution in [-0.2, 0) is 6.18 Å². The number of alkyl halides is 3. The Morgan fingerprint density at radius 2 is 1.68 bits per heavy atom. The monoisotopic (exact) mass is 291 g/mol. The molecule has 5 heteroatoms. The minimum absolute atomic E-state index is 0.0152. The number of nitrogens with one attached hydrogen (secondary N) is 1. The van der Waals surface area contributed by atoms with Crippen molar-refractivity contribution in [3.8, 4) is 0 Å². The predicted octanol–water partition coefficient (Wildman–Crippen LogP) is 5.04. The number of anilines is 1. The summed E-state index contributed by atoms with van der Waals surface area (Å²) < 4.78 is 38.6. The molecule has 0 unspecified atom stereocenters. The van der Waals surface area contributed by atoms with Gasteiger partial charge in [0.1, 0.15) is 0 Å². The van der Waals surface area contributed by atoms with E-state index < -0.39 is 11.7 Å². The second-order valence-electron chi connectivity index (χ2n) is 4.49. The Balaban J connectivity index is 2.89. The Labute approximate surface area is 117 Å². The fraction of sp³-hybridized carbons (Fsp3) is 0.571. The van der Waals surface area contributed by atoms with Gasteiger partial charge in [0.15, 0.2) is 0 Å². The molecule has 0 aliphatic carbocycles. The van der Waals surface area contributed by atoms with E-state index in [1.807, 2.05) is 6.26 Å². The Bertz CT molecular complexity index is 392. The molecule has 19 heavy (non-hydrogen) atoms. The summed E-state index contributed by atoms with van der Waals surface area (Å²) in [6.07, 6.45) is -0.466. The Hall–Kier alpha value is -0.840. The first kappa shape index (κ1) is 16.2. The van der Waals surface area contributed by atoms with E-state index in [1.165, 1.54) is 12.1 Å². The van der Waals surface area contributed by atoms with Gasteiger partial charge in [-0.2, -0.15) is 24.9 Å². The van der Waals surface area contributed by atoms with E-state index in [1.54, 1.807) is 17.8 Å². The van der Waals surface area contributed by atoms with E-state index in [0.29, 0.717) is 6.54 Å². The molecule has 0 heterocycles. The summed E-state index contributed by atoms with van der Waals surface area (Å²) in [7, 11) is 0. The van der Waals surface area contributed by atoms with Gasteiger partial charge in [0, 0.05) is 17.0 Å². The van der Waals surface area contributed by atoms with E-state index >= 15 is 0 Å². The van der Waals surface area contributed by atoms with Crippen LogP contribution in [0.25, 0.3) is 0 Å². The molecule has 0 saturated heterocycles. The molecule has 1 aromatic rings. The van der Waals surface area contributed by atoms with Crippen LogP contribution in [-0.4, -0.2) is 17.5 Å². The molecule has 1 nitrogen and oxygen atoms in total. The van der Waals surface area contributed by atoms with Gasteiger partial charge >= 0.3 is 6.18 Å². The van der Waals surface area contributed by atoms with Gasteiger partial charge in [-0.25, -0.2) is 0 Å². The molecular weight excluding hydrogens is 271 g/mol. The van der Waals surface area contributed by atoms with Gasteiger partial charge in [-0.05, 0) is 31.2 Å². The molecule has 1 N–H and O–H groups in total. The van der Waals surface area contributed by atoms with Gasteiger partial charge in [-0.1, -0.05) is 26.0 Å². The second kappa shape index (κ2) is 6.55. The summed E-state index contributed by atoms with van der Waals surface area (Å²) in [6.45, 7) is 4.67. The summed E-state index contributed by atoms with van der Waals surface area (Å²) in [6, 6.07) is 5.63. The molecule has 0 fully saturated rings. The summed E-state index contributed by atoms with van der Waals surface area (Å²) in [4.78, 5) is 0. The molecule has 0 aromatic heterocycles. The van der Waals surface area contributed by atoms with Gasteiger partial charge in [0.25, 0.3) is 0 Å². The largest absolute Gasteiger partial charge is 0.418 e. The second-order valence-corrected chi connectivity index (χ2v) is 5.77. The predicted molar refractivity (Wildman–Crippen MR) is 76.8 cm³/mol. The average Bonchev–Trinajstić information content (AvgIpc) is 2.40. The molecule has 0 radical (unpaired) electrons. The minimum atomic E-state index is -4.32. The Morgan fingerprint density at radius 3 is 2.16 bits per heavy atom. The van der Waals surface area contributed by atoms with Crippen molar-refractivity contribution in [2.45, 2.75) is 37.6 Å². The third-order valence-electron chi connectivity index (χ3n) is 3.56. The van der Waals surface area contributed by atoms with Gasteiger partial charge in [-0.15, -0.1) is 0 Å². The van der Waals surface area contributed by atoms with Crippen molar-refractivity contribution >= 4 is 17.4 Å². The first-order chi connectivity index (χ1) is 8.88. The summed E-state index contributed by atoms with van der Waals surface area (Å²) in [5, 5.41) is 2.97. The van der Waals surface area contributed by atoms with Gasteiger partial charge < -0.3 is 5.32 Å². The Morgan fingerprint density at radius 1 is 1.11 bits per heavy atom. The lowest BCUT2D eigenvalue weighted by Gasteiger charge is -2.30. The fourth-order valence-electron chi connectivity index (χ4n) is 2.00. The molecule has 0 amide bonds. The summed E-state index contributed by atoms with van der Waals surface area (Å²) >= 11 is 1.71. The number of halogens is 3. The van der Waals surface area contributed by atoms with E-state index in [-0.39, 0.29) is 10.4 Å². The molecule has 1 aromatic carbocycles. The first-order valence-electron chi connectivity index (χ1n) is 6.34. The number of hydrogen-bond acceptors (Lipinski definition) is 2. The maximum Gasteiger partial charge on any atom is 0.418 e. The average molecular weight is 291 g/mol. The number of benzene rings is 1. The lowest BCUT2D eigenvalue weighted by molar-refractivity contribution is -0.136. The van der Waals surface area contributed by atoms with E-state index in [0.717, 1.165) is 18.9 Å². The summed E-state index contributed by atoms with van der Waals surface area (Å²) in [5.41, 5.74) is -0.437. The van der Waals surface area contributed by atoms with Crippen LogP contribution >= 0.6 is 11.8 Å². The molecular formula is C14H20F3NS. The fourth-order valence-corrected chi connectivity index (χ4v) is 2.80. The van der Waals surface area contributed by atoms with Crippen LogP contribution in [0.4, 0.5) is 18.9 Å². The van der Waals surface area contributed by atoms with Crippen LogP contribution in [0.2, 0.25) is 0 Å². The van der Waals surface area contributed by atoms with Crippen LogP contribution in [0, 0.1) is 0 Å². The van der Waals surface area contributed by atoms with E-state index in [9.17, 15) is 13.2 Å². The molecule has 0 saturated carbocycles. The topological polar surface area (TPSA) is 12.0 Å². The zero-order valence-corrected chi connectivity index (χ0v) is 12.3. The Kier molecular flexibility index (Phi) is 5.59. The molecule has 0 bridgehead atoms. The third-order valence-corrected chi connectivity index (χ3v) is 5.14. The number of thioether (sulfide) groups is 1. The van der Waals surface area contributed by atoms with Crippen LogP contribution in [0.15, 0.2) is 24.3 Å². The molecule has 0 spiro atoms. The molecule has 108 valence electrons. The van der Waals surface area contributed by atoms with Crippen LogP contribution in [0.5, 0.6) is 0 Å². The quantitative estimate of drug-likeness (QED) is 0.788. The van der Waals surface area contributed by atoms with Gasteiger partial charge in [0.05, 0.1) is 5.56 Å².